The van der Waals surface area contributed by atoms with Gasteiger partial charge in [0.05, 0.1) is 12.7 Å². The lowest BCUT2D eigenvalue weighted by Crippen LogP contribution is -2.43. The van der Waals surface area contributed by atoms with E-state index >= 15 is 0 Å². The molecule has 1 saturated carbocycles. The Bertz CT molecular complexity index is 175. The van der Waals surface area contributed by atoms with Gasteiger partial charge in [0.1, 0.15) is 0 Å². The fourth-order valence-electron chi connectivity index (χ4n) is 2.23. The summed E-state index contributed by atoms with van der Waals surface area (Å²) in [5.74, 6) is 0. The Kier molecular flexibility index (Phi) is 6.32. The molecule has 1 fully saturated rings. The molecule has 1 unspecified atom stereocenters. The molecule has 0 aliphatic heterocycles. The Morgan fingerprint density at radius 1 is 1.31 bits per heavy atom. The van der Waals surface area contributed by atoms with Crippen molar-refractivity contribution >= 4 is 0 Å². The van der Waals surface area contributed by atoms with Gasteiger partial charge in [0.2, 0.25) is 0 Å². The van der Waals surface area contributed by atoms with Crippen LogP contribution in [0.1, 0.15) is 51.9 Å². The first kappa shape index (κ1) is 13.9. The van der Waals surface area contributed by atoms with Gasteiger partial charge in [-0.1, -0.05) is 19.3 Å². The molecule has 0 radical (unpaired) electrons. The minimum absolute atomic E-state index is 0.143. The van der Waals surface area contributed by atoms with E-state index in [1.165, 1.54) is 32.1 Å². The van der Waals surface area contributed by atoms with Crippen LogP contribution in [0.4, 0.5) is 0 Å². The topological polar surface area (TPSA) is 41.5 Å². The molecule has 3 heteroatoms. The predicted octanol–water partition coefficient (Wildman–Crippen LogP) is 2.09. The molecule has 0 saturated heterocycles. The molecular formula is C13H27NO2. The van der Waals surface area contributed by atoms with Crippen LogP contribution in [-0.4, -0.2) is 37.0 Å². The maximum Gasteiger partial charge on any atom is 0.0610 e. The summed E-state index contributed by atoms with van der Waals surface area (Å²) in [6.45, 7) is 3.07. The normalized spacial score (nSPS) is 21.9. The van der Waals surface area contributed by atoms with Crippen LogP contribution in [0.3, 0.4) is 0 Å². The number of hydrogen-bond acceptors (Lipinski definition) is 3. The molecule has 0 amide bonds. The molecule has 0 spiro atoms. The monoisotopic (exact) mass is 229 g/mol. The minimum Gasteiger partial charge on any atom is -0.394 e. The third-order valence-electron chi connectivity index (χ3n) is 3.73. The molecule has 1 aliphatic carbocycles. The van der Waals surface area contributed by atoms with E-state index in [2.05, 4.69) is 5.32 Å². The van der Waals surface area contributed by atoms with Gasteiger partial charge >= 0.3 is 0 Å². The highest BCUT2D eigenvalue weighted by atomic mass is 16.5. The Morgan fingerprint density at radius 3 is 2.56 bits per heavy atom. The van der Waals surface area contributed by atoms with Gasteiger partial charge in [0.15, 0.2) is 0 Å². The van der Waals surface area contributed by atoms with Crippen LogP contribution in [0.15, 0.2) is 0 Å². The molecule has 16 heavy (non-hydrogen) atoms. The Labute approximate surface area is 99.6 Å². The number of rotatable bonds is 7. The van der Waals surface area contributed by atoms with Crippen LogP contribution in [-0.2, 0) is 4.74 Å². The zero-order chi connectivity index (χ0) is 11.9. The summed E-state index contributed by atoms with van der Waals surface area (Å²) in [7, 11) is 1.90. The number of nitrogens with one attached hydrogen (secondary N) is 1. The van der Waals surface area contributed by atoms with Gasteiger partial charge in [0.25, 0.3) is 0 Å². The second-order valence-electron chi connectivity index (χ2n) is 5.20. The van der Waals surface area contributed by atoms with Crippen LogP contribution in [0.2, 0.25) is 0 Å². The van der Waals surface area contributed by atoms with Crippen LogP contribution < -0.4 is 5.32 Å². The SMILES string of the molecule is CNC(C)(CO)CCCOC1CCCCC1. The van der Waals surface area contributed by atoms with Crippen molar-refractivity contribution in [3.05, 3.63) is 0 Å². The standard InChI is InChI=1S/C13H27NO2/c1-13(11-15,14-2)9-6-10-16-12-7-4-3-5-8-12/h12,14-15H,3-11H2,1-2H3. The molecule has 1 aliphatic rings. The van der Waals surface area contributed by atoms with Gasteiger partial charge in [-0.25, -0.2) is 0 Å². The maximum absolute atomic E-state index is 9.23. The lowest BCUT2D eigenvalue weighted by atomic mass is 9.96. The van der Waals surface area contributed by atoms with Crippen LogP contribution in [0, 0.1) is 0 Å². The zero-order valence-electron chi connectivity index (χ0n) is 10.8. The highest BCUT2D eigenvalue weighted by Gasteiger charge is 2.20. The molecule has 1 rings (SSSR count). The molecular weight excluding hydrogens is 202 g/mol. The highest BCUT2D eigenvalue weighted by molar-refractivity contribution is 4.80. The van der Waals surface area contributed by atoms with Crippen molar-refractivity contribution in [2.24, 2.45) is 0 Å². The van der Waals surface area contributed by atoms with E-state index < -0.39 is 0 Å². The molecule has 0 aromatic carbocycles. The lowest BCUT2D eigenvalue weighted by molar-refractivity contribution is 0.0222. The molecule has 2 N–H and O–H groups in total. The molecule has 0 heterocycles. The second kappa shape index (κ2) is 7.25. The summed E-state index contributed by atoms with van der Waals surface area (Å²) in [4.78, 5) is 0. The number of likely N-dealkylation sites (N-methyl/N-ethyl adjacent to an activating group) is 1. The Balaban J connectivity index is 2.06. The predicted molar refractivity (Wildman–Crippen MR) is 66.6 cm³/mol. The summed E-state index contributed by atoms with van der Waals surface area (Å²) < 4.78 is 5.86. The summed E-state index contributed by atoms with van der Waals surface area (Å²) in [6, 6.07) is 0. The first-order valence-electron chi connectivity index (χ1n) is 6.61. The van der Waals surface area contributed by atoms with E-state index in [4.69, 9.17) is 4.74 Å². The Hall–Kier alpha value is -0.120. The third-order valence-corrected chi connectivity index (χ3v) is 3.73. The van der Waals surface area contributed by atoms with Crippen molar-refractivity contribution in [2.75, 3.05) is 20.3 Å². The highest BCUT2D eigenvalue weighted by Crippen LogP contribution is 2.21. The van der Waals surface area contributed by atoms with Crippen LogP contribution >= 0.6 is 0 Å². The quantitative estimate of drug-likeness (QED) is 0.657. The minimum atomic E-state index is -0.143. The average Bonchev–Trinajstić information content (AvgIpc) is 2.36. The van der Waals surface area contributed by atoms with Gasteiger partial charge in [-0.2, -0.15) is 0 Å². The average molecular weight is 229 g/mol. The second-order valence-corrected chi connectivity index (χ2v) is 5.20. The largest absolute Gasteiger partial charge is 0.394 e. The van der Waals surface area contributed by atoms with E-state index in [-0.39, 0.29) is 12.1 Å². The van der Waals surface area contributed by atoms with Gasteiger partial charge in [-0.3, -0.25) is 0 Å². The summed E-state index contributed by atoms with van der Waals surface area (Å²) in [5.41, 5.74) is -0.143. The smallest absolute Gasteiger partial charge is 0.0610 e. The number of aliphatic hydroxyl groups excluding tert-OH is 1. The van der Waals surface area contributed by atoms with Gasteiger partial charge in [-0.15, -0.1) is 0 Å². The number of ether oxygens (including phenoxy) is 1. The lowest BCUT2D eigenvalue weighted by Gasteiger charge is -2.27. The van der Waals surface area contributed by atoms with Crippen molar-refractivity contribution in [1.29, 1.82) is 0 Å². The van der Waals surface area contributed by atoms with E-state index in [9.17, 15) is 5.11 Å². The zero-order valence-corrected chi connectivity index (χ0v) is 10.8. The van der Waals surface area contributed by atoms with Gasteiger partial charge in [0, 0.05) is 12.1 Å². The molecule has 0 bridgehead atoms. The van der Waals surface area contributed by atoms with Crippen LogP contribution in [0.5, 0.6) is 0 Å². The van der Waals surface area contributed by atoms with Crippen molar-refractivity contribution in [2.45, 2.75) is 63.5 Å². The number of hydrogen-bond donors (Lipinski definition) is 2. The van der Waals surface area contributed by atoms with Crippen molar-refractivity contribution in [3.8, 4) is 0 Å². The van der Waals surface area contributed by atoms with Crippen molar-refractivity contribution < 1.29 is 9.84 Å². The fraction of sp³-hybridized carbons (Fsp3) is 1.00. The molecule has 0 aromatic heterocycles. The van der Waals surface area contributed by atoms with E-state index in [1.807, 2.05) is 14.0 Å². The van der Waals surface area contributed by atoms with E-state index in [0.717, 1.165) is 19.4 Å². The first-order chi connectivity index (χ1) is 7.70. The Morgan fingerprint density at radius 2 is 2.00 bits per heavy atom. The molecule has 1 atom stereocenters. The third kappa shape index (κ3) is 4.81. The summed E-state index contributed by atoms with van der Waals surface area (Å²) in [5, 5.41) is 12.4. The van der Waals surface area contributed by atoms with Gasteiger partial charge < -0.3 is 15.2 Å². The number of aliphatic hydroxyl groups is 1. The molecule has 3 nitrogen and oxygen atoms in total. The molecule has 0 aromatic rings. The maximum atomic E-state index is 9.23. The van der Waals surface area contributed by atoms with Crippen molar-refractivity contribution in [3.63, 3.8) is 0 Å². The van der Waals surface area contributed by atoms with Crippen LogP contribution in [0.25, 0.3) is 0 Å². The van der Waals surface area contributed by atoms with Gasteiger partial charge in [-0.05, 0) is 39.7 Å². The van der Waals surface area contributed by atoms with E-state index in [0.29, 0.717) is 6.10 Å². The summed E-state index contributed by atoms with van der Waals surface area (Å²) >= 11 is 0. The van der Waals surface area contributed by atoms with E-state index in [1.54, 1.807) is 0 Å². The van der Waals surface area contributed by atoms with Crippen molar-refractivity contribution in [1.82, 2.24) is 5.32 Å². The first-order valence-corrected chi connectivity index (χ1v) is 6.61. The summed E-state index contributed by atoms with van der Waals surface area (Å²) in [6.07, 6.45) is 9.00. The molecule has 96 valence electrons. The fourth-order valence-corrected chi connectivity index (χ4v) is 2.23.